The molecule has 0 aliphatic rings. The molecule has 0 radical (unpaired) electrons. The molecule has 4 nitrogen and oxygen atoms in total. The van der Waals surface area contributed by atoms with Crippen molar-refractivity contribution in [2.24, 2.45) is 0 Å². The van der Waals surface area contributed by atoms with Crippen LogP contribution in [0.3, 0.4) is 0 Å². The molecule has 0 atom stereocenters. The van der Waals surface area contributed by atoms with Crippen LogP contribution in [0.2, 0.25) is 0 Å². The van der Waals surface area contributed by atoms with Gasteiger partial charge in [-0.1, -0.05) is 18.2 Å². The summed E-state index contributed by atoms with van der Waals surface area (Å²) in [5.41, 5.74) is 2.12. The molecule has 2 aromatic rings. The lowest BCUT2D eigenvalue weighted by Gasteiger charge is -2.12. The molecule has 0 spiro atoms. The fraction of sp³-hybridized carbons (Fsp3) is 0.250. The van der Waals surface area contributed by atoms with Gasteiger partial charge in [-0.25, -0.2) is 0 Å². The maximum Gasteiger partial charge on any atom is 0.161 e. The highest BCUT2D eigenvalue weighted by Gasteiger charge is 2.06. The topological polar surface area (TPSA) is 50.7 Å². The van der Waals surface area contributed by atoms with E-state index in [9.17, 15) is 5.11 Å². The van der Waals surface area contributed by atoms with Crippen molar-refractivity contribution >= 4 is 0 Å². The minimum Gasteiger partial charge on any atom is -0.508 e. The standard InChI is InChI=1S/C16H19NO3/c1-17-10-13-5-8-15(19-2)16(9-13)20-11-12-3-6-14(18)7-4-12/h3-9,17-18H,10-11H2,1-2H3. The quantitative estimate of drug-likeness (QED) is 0.849. The summed E-state index contributed by atoms with van der Waals surface area (Å²) in [5, 5.41) is 12.4. The highest BCUT2D eigenvalue weighted by molar-refractivity contribution is 5.43. The first-order valence-electron chi connectivity index (χ1n) is 6.45. The maximum absolute atomic E-state index is 9.25. The molecule has 20 heavy (non-hydrogen) atoms. The van der Waals surface area contributed by atoms with Gasteiger partial charge in [0.05, 0.1) is 7.11 Å². The number of ether oxygens (including phenoxy) is 2. The van der Waals surface area contributed by atoms with Gasteiger partial charge < -0.3 is 19.9 Å². The SMILES string of the molecule is CNCc1ccc(OC)c(OCc2ccc(O)cc2)c1. The summed E-state index contributed by atoms with van der Waals surface area (Å²) in [6.45, 7) is 1.21. The zero-order valence-electron chi connectivity index (χ0n) is 11.7. The molecule has 0 saturated carbocycles. The number of nitrogens with one attached hydrogen (secondary N) is 1. The second-order valence-electron chi connectivity index (χ2n) is 4.47. The average molecular weight is 273 g/mol. The Bertz CT molecular complexity index is 552. The molecule has 0 aromatic heterocycles. The normalized spacial score (nSPS) is 10.3. The van der Waals surface area contributed by atoms with Crippen molar-refractivity contribution in [3.8, 4) is 17.2 Å². The third kappa shape index (κ3) is 3.65. The molecule has 2 aromatic carbocycles. The molecule has 2 rings (SSSR count). The van der Waals surface area contributed by atoms with E-state index < -0.39 is 0 Å². The predicted octanol–water partition coefficient (Wildman–Crippen LogP) is 2.70. The van der Waals surface area contributed by atoms with Crippen LogP contribution in [0.5, 0.6) is 17.2 Å². The van der Waals surface area contributed by atoms with Crippen LogP contribution in [0.15, 0.2) is 42.5 Å². The van der Waals surface area contributed by atoms with Crippen molar-refractivity contribution in [1.82, 2.24) is 5.32 Å². The summed E-state index contributed by atoms with van der Waals surface area (Å²) in [6.07, 6.45) is 0. The van der Waals surface area contributed by atoms with E-state index in [1.54, 1.807) is 19.2 Å². The van der Waals surface area contributed by atoms with Gasteiger partial charge in [-0.3, -0.25) is 0 Å². The first kappa shape index (κ1) is 14.2. The van der Waals surface area contributed by atoms with E-state index >= 15 is 0 Å². The molecule has 0 fully saturated rings. The van der Waals surface area contributed by atoms with Crippen LogP contribution in [0.25, 0.3) is 0 Å². The first-order valence-corrected chi connectivity index (χ1v) is 6.45. The Morgan fingerprint density at radius 3 is 2.35 bits per heavy atom. The second-order valence-corrected chi connectivity index (χ2v) is 4.47. The molecule has 0 amide bonds. The maximum atomic E-state index is 9.25. The number of methoxy groups -OCH3 is 1. The van der Waals surface area contributed by atoms with Crippen LogP contribution in [0.4, 0.5) is 0 Å². The zero-order chi connectivity index (χ0) is 14.4. The monoisotopic (exact) mass is 273 g/mol. The van der Waals surface area contributed by atoms with Gasteiger partial charge in [-0.15, -0.1) is 0 Å². The summed E-state index contributed by atoms with van der Waals surface area (Å²) >= 11 is 0. The second kappa shape index (κ2) is 6.82. The number of benzene rings is 2. The van der Waals surface area contributed by atoms with E-state index in [-0.39, 0.29) is 5.75 Å². The molecule has 0 heterocycles. The number of rotatable bonds is 6. The lowest BCUT2D eigenvalue weighted by molar-refractivity contribution is 0.284. The van der Waals surface area contributed by atoms with Crippen LogP contribution >= 0.6 is 0 Å². The first-order chi connectivity index (χ1) is 9.72. The van der Waals surface area contributed by atoms with Crippen LogP contribution in [-0.4, -0.2) is 19.3 Å². The molecule has 106 valence electrons. The zero-order valence-corrected chi connectivity index (χ0v) is 11.7. The third-order valence-electron chi connectivity index (χ3n) is 2.94. The number of aromatic hydroxyl groups is 1. The third-order valence-corrected chi connectivity index (χ3v) is 2.94. The van der Waals surface area contributed by atoms with E-state index in [1.807, 2.05) is 37.4 Å². The summed E-state index contributed by atoms with van der Waals surface area (Å²) in [6, 6.07) is 12.8. The minimum absolute atomic E-state index is 0.252. The largest absolute Gasteiger partial charge is 0.508 e. The van der Waals surface area contributed by atoms with E-state index in [1.165, 1.54) is 0 Å². The number of phenols is 1. The molecule has 0 unspecified atom stereocenters. The Hall–Kier alpha value is -2.20. The van der Waals surface area contributed by atoms with E-state index in [4.69, 9.17) is 9.47 Å². The van der Waals surface area contributed by atoms with Gasteiger partial charge in [0.25, 0.3) is 0 Å². The van der Waals surface area contributed by atoms with Crippen LogP contribution < -0.4 is 14.8 Å². The van der Waals surface area contributed by atoms with Gasteiger partial charge in [0.1, 0.15) is 12.4 Å². The molecular weight excluding hydrogens is 254 g/mol. The Balaban J connectivity index is 2.10. The van der Waals surface area contributed by atoms with Crippen molar-refractivity contribution in [2.75, 3.05) is 14.2 Å². The molecule has 0 bridgehead atoms. The van der Waals surface area contributed by atoms with Gasteiger partial charge in [0.15, 0.2) is 11.5 Å². The van der Waals surface area contributed by atoms with Crippen molar-refractivity contribution in [2.45, 2.75) is 13.2 Å². The molecule has 4 heteroatoms. The molecule has 0 aliphatic heterocycles. The fourth-order valence-electron chi connectivity index (χ4n) is 1.90. The summed E-state index contributed by atoms with van der Waals surface area (Å²) in [7, 11) is 3.53. The van der Waals surface area contributed by atoms with Gasteiger partial charge in [-0.2, -0.15) is 0 Å². The smallest absolute Gasteiger partial charge is 0.161 e. The van der Waals surface area contributed by atoms with Crippen LogP contribution in [0.1, 0.15) is 11.1 Å². The fourth-order valence-corrected chi connectivity index (χ4v) is 1.90. The van der Waals surface area contributed by atoms with Gasteiger partial charge in [-0.05, 0) is 42.4 Å². The van der Waals surface area contributed by atoms with Crippen LogP contribution in [0, 0.1) is 0 Å². The Morgan fingerprint density at radius 1 is 1.00 bits per heavy atom. The summed E-state index contributed by atoms with van der Waals surface area (Å²) < 4.78 is 11.1. The van der Waals surface area contributed by atoms with Crippen molar-refractivity contribution in [3.05, 3.63) is 53.6 Å². The van der Waals surface area contributed by atoms with E-state index in [2.05, 4.69) is 5.32 Å². The highest BCUT2D eigenvalue weighted by atomic mass is 16.5. The molecular formula is C16H19NO3. The average Bonchev–Trinajstić information content (AvgIpc) is 2.47. The van der Waals surface area contributed by atoms with Gasteiger partial charge >= 0.3 is 0 Å². The van der Waals surface area contributed by atoms with Gasteiger partial charge in [0, 0.05) is 6.54 Å². The lowest BCUT2D eigenvalue weighted by Crippen LogP contribution is -2.05. The van der Waals surface area contributed by atoms with Gasteiger partial charge in [0.2, 0.25) is 0 Å². The van der Waals surface area contributed by atoms with E-state index in [0.29, 0.717) is 18.1 Å². The molecule has 0 saturated heterocycles. The predicted molar refractivity (Wildman–Crippen MR) is 78.2 cm³/mol. The Morgan fingerprint density at radius 2 is 1.70 bits per heavy atom. The minimum atomic E-state index is 0.252. The lowest BCUT2D eigenvalue weighted by atomic mass is 10.2. The van der Waals surface area contributed by atoms with Crippen LogP contribution in [-0.2, 0) is 13.2 Å². The number of phenolic OH excluding ortho intramolecular Hbond substituents is 1. The highest BCUT2D eigenvalue weighted by Crippen LogP contribution is 2.29. The van der Waals surface area contributed by atoms with Crippen molar-refractivity contribution < 1.29 is 14.6 Å². The summed E-state index contributed by atoms with van der Waals surface area (Å²) in [4.78, 5) is 0. The van der Waals surface area contributed by atoms with E-state index in [0.717, 1.165) is 17.7 Å². The van der Waals surface area contributed by atoms with Crippen molar-refractivity contribution in [3.63, 3.8) is 0 Å². The Labute approximate surface area is 119 Å². The molecule has 2 N–H and O–H groups in total. The summed E-state index contributed by atoms with van der Waals surface area (Å²) in [5.74, 6) is 1.68. The van der Waals surface area contributed by atoms with Crippen molar-refractivity contribution in [1.29, 1.82) is 0 Å². The number of hydrogen-bond acceptors (Lipinski definition) is 4. The molecule has 0 aliphatic carbocycles. The Kier molecular flexibility index (Phi) is 4.85. The number of hydrogen-bond donors (Lipinski definition) is 2.